The van der Waals surface area contributed by atoms with Crippen LogP contribution >= 0.6 is 9.24 Å². The van der Waals surface area contributed by atoms with Crippen LogP contribution in [0.2, 0.25) is 0 Å². The lowest BCUT2D eigenvalue weighted by molar-refractivity contribution is 0.0513. The maximum atomic E-state index is 13.3. The summed E-state index contributed by atoms with van der Waals surface area (Å²) >= 11 is 0. The van der Waals surface area contributed by atoms with Crippen LogP contribution in [0, 0.1) is 6.92 Å². The molecule has 1 aliphatic heterocycles. The molecule has 0 saturated heterocycles. The van der Waals surface area contributed by atoms with Gasteiger partial charge in [0.1, 0.15) is 5.75 Å². The molecular formula is C9H10FOP. The highest BCUT2D eigenvalue weighted by atomic mass is 31.0. The Kier molecular flexibility index (Phi) is 1.62. The molecule has 1 aromatic rings. The Morgan fingerprint density at radius 3 is 3.08 bits per heavy atom. The molecule has 0 fully saturated rings. The Morgan fingerprint density at radius 2 is 2.33 bits per heavy atom. The first-order chi connectivity index (χ1) is 5.57. The molecule has 1 aromatic carbocycles. The minimum absolute atomic E-state index is 0.328. The van der Waals surface area contributed by atoms with Gasteiger partial charge in [-0.25, -0.2) is 0 Å². The summed E-state index contributed by atoms with van der Waals surface area (Å²) in [6, 6.07) is 5.70. The molecule has 1 nitrogen and oxygen atoms in total. The van der Waals surface area contributed by atoms with Crippen LogP contribution in [0.1, 0.15) is 11.1 Å². The molecule has 12 heavy (non-hydrogen) atoms. The second-order valence-corrected chi connectivity index (χ2v) is 4.04. The van der Waals surface area contributed by atoms with Gasteiger partial charge in [-0.1, -0.05) is 26.9 Å². The Labute approximate surface area is 73.1 Å². The largest absolute Gasteiger partial charge is 0.454 e. The van der Waals surface area contributed by atoms with Crippen molar-refractivity contribution in [2.75, 3.05) is 0 Å². The number of aryl methyl sites for hydroxylation is 1. The molecular weight excluding hydrogens is 174 g/mol. The molecule has 0 saturated carbocycles. The molecule has 1 heterocycles. The topological polar surface area (TPSA) is 9.23 Å². The Bertz CT molecular complexity index is 322. The number of benzene rings is 1. The fraction of sp³-hybridized carbons (Fsp3) is 0.333. The molecule has 0 radical (unpaired) electrons. The second kappa shape index (κ2) is 2.43. The molecule has 0 amide bonds. The van der Waals surface area contributed by atoms with E-state index in [-0.39, 0.29) is 0 Å². The average Bonchev–Trinajstić information content (AvgIpc) is 2.21. The van der Waals surface area contributed by atoms with E-state index in [0.29, 0.717) is 12.2 Å². The Hall–Kier alpha value is -0.620. The normalized spacial score (nSPS) is 26.6. The Morgan fingerprint density at radius 1 is 1.58 bits per heavy atom. The monoisotopic (exact) mass is 184 g/mol. The van der Waals surface area contributed by atoms with Crippen molar-refractivity contribution < 1.29 is 9.13 Å². The molecule has 0 N–H and O–H groups in total. The van der Waals surface area contributed by atoms with Gasteiger partial charge in [-0.3, -0.25) is 0 Å². The van der Waals surface area contributed by atoms with E-state index < -0.39 is 5.60 Å². The van der Waals surface area contributed by atoms with E-state index in [1.165, 1.54) is 0 Å². The molecule has 64 valence electrons. The van der Waals surface area contributed by atoms with Crippen molar-refractivity contribution >= 4 is 9.24 Å². The lowest BCUT2D eigenvalue weighted by Gasteiger charge is -2.11. The number of rotatable bonds is 0. The lowest BCUT2D eigenvalue weighted by Crippen LogP contribution is -2.18. The first-order valence-electron chi connectivity index (χ1n) is 3.83. The van der Waals surface area contributed by atoms with Crippen molar-refractivity contribution in [2.45, 2.75) is 18.9 Å². The molecule has 0 spiro atoms. The van der Waals surface area contributed by atoms with Gasteiger partial charge in [0.25, 0.3) is 5.60 Å². The Balaban J connectivity index is 2.43. The van der Waals surface area contributed by atoms with Gasteiger partial charge in [0.05, 0.1) is 0 Å². The zero-order valence-corrected chi connectivity index (χ0v) is 7.96. The summed E-state index contributed by atoms with van der Waals surface area (Å²) in [6.45, 7) is 1.99. The summed E-state index contributed by atoms with van der Waals surface area (Å²) in [4.78, 5) is 0. The first-order valence-corrected chi connectivity index (χ1v) is 4.41. The number of ether oxygens (including phenoxy) is 1. The number of fused-ring (bicyclic) bond motifs is 1. The summed E-state index contributed by atoms with van der Waals surface area (Å²) in [7, 11) is 2.08. The van der Waals surface area contributed by atoms with Crippen LogP contribution in [0.25, 0.3) is 0 Å². The summed E-state index contributed by atoms with van der Waals surface area (Å²) in [5.74, 6) is 0.665. The second-order valence-electron chi connectivity index (χ2n) is 3.18. The van der Waals surface area contributed by atoms with Gasteiger partial charge in [-0.2, -0.15) is 4.39 Å². The van der Waals surface area contributed by atoms with E-state index in [1.54, 1.807) is 0 Å². The van der Waals surface area contributed by atoms with Gasteiger partial charge in [-0.15, -0.1) is 0 Å². The third-order valence-corrected chi connectivity index (χ3v) is 2.25. The van der Waals surface area contributed by atoms with Crippen LogP contribution in [0.5, 0.6) is 5.75 Å². The standard InChI is InChI=1S/C9H10FOP/c1-6-2-3-8-7(4-6)5-9(10,12)11-8/h2-4H,5,12H2,1H3. The van der Waals surface area contributed by atoms with Crippen LogP contribution < -0.4 is 4.74 Å². The predicted molar refractivity (Wildman–Crippen MR) is 49.1 cm³/mol. The fourth-order valence-electron chi connectivity index (χ4n) is 1.42. The van der Waals surface area contributed by atoms with Crippen molar-refractivity contribution in [3.05, 3.63) is 29.3 Å². The van der Waals surface area contributed by atoms with Gasteiger partial charge in [-0.05, 0) is 13.0 Å². The average molecular weight is 184 g/mol. The van der Waals surface area contributed by atoms with Crippen LogP contribution in [-0.2, 0) is 6.42 Å². The van der Waals surface area contributed by atoms with Crippen molar-refractivity contribution in [3.8, 4) is 5.75 Å². The highest BCUT2D eigenvalue weighted by Gasteiger charge is 2.34. The predicted octanol–water partition coefficient (Wildman–Crippen LogP) is 2.43. The lowest BCUT2D eigenvalue weighted by atomic mass is 10.1. The molecule has 2 rings (SSSR count). The maximum absolute atomic E-state index is 13.3. The van der Waals surface area contributed by atoms with E-state index in [0.717, 1.165) is 11.1 Å². The quantitative estimate of drug-likeness (QED) is 0.562. The molecule has 0 aliphatic carbocycles. The van der Waals surface area contributed by atoms with Crippen LogP contribution in [0.4, 0.5) is 4.39 Å². The van der Waals surface area contributed by atoms with Gasteiger partial charge in [0.15, 0.2) is 0 Å². The van der Waals surface area contributed by atoms with Gasteiger partial charge in [0, 0.05) is 12.0 Å². The first kappa shape index (κ1) is 8.00. The summed E-state index contributed by atoms with van der Waals surface area (Å²) in [5, 5.41) is 0. The fourth-order valence-corrected chi connectivity index (χ4v) is 1.77. The maximum Gasteiger partial charge on any atom is 0.263 e. The number of alkyl halides is 1. The third-order valence-electron chi connectivity index (χ3n) is 1.93. The van der Waals surface area contributed by atoms with Crippen molar-refractivity contribution in [1.82, 2.24) is 0 Å². The minimum Gasteiger partial charge on any atom is -0.454 e. The highest BCUT2D eigenvalue weighted by molar-refractivity contribution is 7.18. The smallest absolute Gasteiger partial charge is 0.263 e. The zero-order chi connectivity index (χ0) is 8.77. The number of hydrogen-bond acceptors (Lipinski definition) is 1. The molecule has 0 aromatic heterocycles. The van der Waals surface area contributed by atoms with Gasteiger partial charge >= 0.3 is 0 Å². The number of hydrogen-bond donors (Lipinski definition) is 0. The molecule has 2 atom stereocenters. The van der Waals surface area contributed by atoms with Gasteiger partial charge < -0.3 is 4.74 Å². The van der Waals surface area contributed by atoms with E-state index in [1.807, 2.05) is 25.1 Å². The molecule has 0 bridgehead atoms. The SMILES string of the molecule is Cc1ccc2c(c1)CC(F)(P)O2. The van der Waals surface area contributed by atoms with Crippen LogP contribution in [-0.4, -0.2) is 5.60 Å². The summed E-state index contributed by atoms with van der Waals surface area (Å²) < 4.78 is 18.3. The van der Waals surface area contributed by atoms with E-state index in [4.69, 9.17) is 4.74 Å². The van der Waals surface area contributed by atoms with E-state index >= 15 is 0 Å². The van der Waals surface area contributed by atoms with E-state index in [9.17, 15) is 4.39 Å². The molecule has 3 heteroatoms. The number of halogens is 1. The summed E-state index contributed by atoms with van der Waals surface area (Å²) in [6.07, 6.45) is 0.328. The van der Waals surface area contributed by atoms with Crippen molar-refractivity contribution in [1.29, 1.82) is 0 Å². The highest BCUT2D eigenvalue weighted by Crippen LogP contribution is 2.40. The summed E-state index contributed by atoms with van der Waals surface area (Å²) in [5.41, 5.74) is 0.503. The van der Waals surface area contributed by atoms with Crippen LogP contribution in [0.15, 0.2) is 18.2 Å². The third kappa shape index (κ3) is 1.32. The van der Waals surface area contributed by atoms with Crippen molar-refractivity contribution in [3.63, 3.8) is 0 Å². The minimum atomic E-state index is -1.59. The molecule has 1 aliphatic rings. The van der Waals surface area contributed by atoms with Crippen LogP contribution in [0.3, 0.4) is 0 Å². The van der Waals surface area contributed by atoms with Gasteiger partial charge in [0.2, 0.25) is 0 Å². The molecule has 2 unspecified atom stereocenters. The van der Waals surface area contributed by atoms with E-state index in [2.05, 4.69) is 9.24 Å². The zero-order valence-electron chi connectivity index (χ0n) is 6.80. The van der Waals surface area contributed by atoms with Crippen molar-refractivity contribution in [2.24, 2.45) is 0 Å².